The van der Waals surface area contributed by atoms with Crippen LogP contribution in [0.3, 0.4) is 0 Å². The number of carbonyl (C=O) groups excluding carboxylic acids is 1. The third kappa shape index (κ3) is 4.01. The number of ether oxygens (including phenoxy) is 1. The van der Waals surface area contributed by atoms with Crippen molar-refractivity contribution < 1.29 is 9.53 Å². The fourth-order valence-corrected chi connectivity index (χ4v) is 4.24. The van der Waals surface area contributed by atoms with Gasteiger partial charge in [0.05, 0.1) is 18.2 Å². The third-order valence-electron chi connectivity index (χ3n) is 5.98. The van der Waals surface area contributed by atoms with E-state index in [1.54, 1.807) is 9.42 Å². The zero-order chi connectivity index (χ0) is 22.1. The molecular weight excluding hydrogens is 404 g/mol. The zero-order valence-corrected chi connectivity index (χ0v) is 18.3. The second-order valence-electron chi connectivity index (χ2n) is 8.41. The first-order chi connectivity index (χ1) is 15.6. The zero-order valence-electron chi connectivity index (χ0n) is 18.3. The molecule has 1 atom stereocenters. The van der Waals surface area contributed by atoms with Crippen molar-refractivity contribution in [3.05, 3.63) is 65.2 Å². The number of nitrogens with zero attached hydrogens (tertiary/aromatic N) is 5. The molecule has 1 saturated heterocycles. The quantitative estimate of drug-likeness (QED) is 0.515. The van der Waals surface area contributed by atoms with Gasteiger partial charge in [0.1, 0.15) is 0 Å². The number of fused-ring (bicyclic) bond motifs is 3. The van der Waals surface area contributed by atoms with Crippen LogP contribution in [-0.4, -0.2) is 50.2 Å². The summed E-state index contributed by atoms with van der Waals surface area (Å²) in [5.74, 6) is 0. The van der Waals surface area contributed by atoms with Gasteiger partial charge in [-0.25, -0.2) is 4.79 Å². The van der Waals surface area contributed by atoms with Crippen LogP contribution >= 0.6 is 0 Å². The first-order valence-electron chi connectivity index (χ1n) is 10.9. The molecule has 2 amide bonds. The van der Waals surface area contributed by atoms with Crippen molar-refractivity contribution in [3.63, 3.8) is 0 Å². The summed E-state index contributed by atoms with van der Waals surface area (Å²) >= 11 is 0. The highest BCUT2D eigenvalue weighted by Crippen LogP contribution is 2.23. The lowest BCUT2D eigenvalue weighted by atomic mass is 10.1. The number of amides is 2. The minimum absolute atomic E-state index is 0.0349. The number of carbonyl (C=O) groups is 1. The number of pyridine rings is 1. The molecule has 8 heteroatoms. The SMILES string of the molecule is Cc1ccc2cc(CN(CC3CCCO3)C(=O)Nc3ccccc3C)c3nnnn3c2c1. The van der Waals surface area contributed by atoms with Gasteiger partial charge in [0, 0.05) is 29.8 Å². The summed E-state index contributed by atoms with van der Waals surface area (Å²) in [6, 6.07) is 15.9. The number of para-hydroxylation sites is 1. The third-order valence-corrected chi connectivity index (χ3v) is 5.98. The van der Waals surface area contributed by atoms with Crippen LogP contribution in [0.5, 0.6) is 0 Å². The summed E-state index contributed by atoms with van der Waals surface area (Å²) in [7, 11) is 0. The molecule has 1 fully saturated rings. The Morgan fingerprint density at radius 1 is 1.22 bits per heavy atom. The van der Waals surface area contributed by atoms with Gasteiger partial charge in [-0.3, -0.25) is 0 Å². The Morgan fingerprint density at radius 3 is 2.91 bits per heavy atom. The summed E-state index contributed by atoms with van der Waals surface area (Å²) in [5, 5.41) is 16.4. The number of anilines is 1. The first kappa shape index (κ1) is 20.4. The van der Waals surface area contributed by atoms with E-state index in [0.29, 0.717) is 18.7 Å². The highest BCUT2D eigenvalue weighted by molar-refractivity contribution is 5.90. The van der Waals surface area contributed by atoms with Gasteiger partial charge in [-0.1, -0.05) is 30.3 Å². The van der Waals surface area contributed by atoms with Gasteiger partial charge in [-0.05, 0) is 66.4 Å². The Kier molecular flexibility index (Phi) is 5.45. The number of urea groups is 1. The number of hydrogen-bond acceptors (Lipinski definition) is 5. The number of tetrazole rings is 1. The Balaban J connectivity index is 1.49. The minimum Gasteiger partial charge on any atom is -0.376 e. The van der Waals surface area contributed by atoms with Gasteiger partial charge < -0.3 is 15.0 Å². The topological polar surface area (TPSA) is 84.6 Å². The average molecular weight is 431 g/mol. The van der Waals surface area contributed by atoms with Crippen LogP contribution in [0, 0.1) is 13.8 Å². The van der Waals surface area contributed by atoms with Crippen molar-refractivity contribution in [2.24, 2.45) is 0 Å². The maximum atomic E-state index is 13.3. The molecule has 1 aliphatic heterocycles. The summed E-state index contributed by atoms with van der Waals surface area (Å²) in [6.45, 7) is 5.66. The molecule has 1 unspecified atom stereocenters. The molecule has 0 saturated carbocycles. The molecule has 2 aromatic carbocycles. The summed E-state index contributed by atoms with van der Waals surface area (Å²) < 4.78 is 7.59. The van der Waals surface area contributed by atoms with E-state index in [-0.39, 0.29) is 12.1 Å². The van der Waals surface area contributed by atoms with Crippen molar-refractivity contribution in [1.82, 2.24) is 24.9 Å². The highest BCUT2D eigenvalue weighted by Gasteiger charge is 2.24. The van der Waals surface area contributed by atoms with Crippen molar-refractivity contribution >= 4 is 28.3 Å². The van der Waals surface area contributed by atoms with Gasteiger partial charge >= 0.3 is 6.03 Å². The Bertz CT molecular complexity index is 1280. The molecule has 0 aliphatic carbocycles. The second kappa shape index (κ2) is 8.55. The fourth-order valence-electron chi connectivity index (χ4n) is 4.24. The van der Waals surface area contributed by atoms with Crippen molar-refractivity contribution in [2.75, 3.05) is 18.5 Å². The fraction of sp³-hybridized carbons (Fsp3) is 0.333. The van der Waals surface area contributed by atoms with Crippen molar-refractivity contribution in [3.8, 4) is 0 Å². The smallest absolute Gasteiger partial charge is 0.322 e. The summed E-state index contributed by atoms with van der Waals surface area (Å²) in [4.78, 5) is 15.1. The van der Waals surface area contributed by atoms with Crippen LogP contribution in [0.1, 0.15) is 29.5 Å². The molecule has 3 heterocycles. The lowest BCUT2D eigenvalue weighted by molar-refractivity contribution is 0.0820. The van der Waals surface area contributed by atoms with Gasteiger partial charge in [-0.2, -0.15) is 4.52 Å². The van der Waals surface area contributed by atoms with Crippen LogP contribution < -0.4 is 5.32 Å². The molecule has 5 rings (SSSR count). The van der Waals surface area contributed by atoms with Crippen molar-refractivity contribution in [1.29, 1.82) is 0 Å². The van der Waals surface area contributed by atoms with Gasteiger partial charge in [-0.15, -0.1) is 5.10 Å². The standard InChI is InChI=1S/C24H26N6O2/c1-16-9-10-18-13-19(23-26-27-28-30(23)22(18)12-16)14-29(15-20-7-5-11-32-20)24(31)25-21-8-4-3-6-17(21)2/h3-4,6,8-10,12-13,20H,5,7,11,14-15H2,1-2H3,(H,25,31). The van der Waals surface area contributed by atoms with Gasteiger partial charge in [0.2, 0.25) is 0 Å². The molecule has 32 heavy (non-hydrogen) atoms. The Morgan fingerprint density at radius 2 is 2.09 bits per heavy atom. The summed E-state index contributed by atoms with van der Waals surface area (Å²) in [6.07, 6.45) is 2.01. The number of aromatic nitrogens is 4. The molecule has 1 N–H and O–H groups in total. The van der Waals surface area contributed by atoms with Gasteiger partial charge in [0.25, 0.3) is 0 Å². The highest BCUT2D eigenvalue weighted by atomic mass is 16.5. The van der Waals surface area contributed by atoms with Crippen LogP contribution in [0.15, 0.2) is 48.5 Å². The maximum absolute atomic E-state index is 13.3. The number of rotatable bonds is 5. The van der Waals surface area contributed by atoms with Crippen LogP contribution in [0.25, 0.3) is 16.6 Å². The Labute approximate surface area is 186 Å². The molecular formula is C24H26N6O2. The number of nitrogens with one attached hydrogen (secondary N) is 1. The van der Waals surface area contributed by atoms with E-state index in [9.17, 15) is 4.79 Å². The number of hydrogen-bond donors (Lipinski definition) is 1. The van der Waals surface area contributed by atoms with E-state index in [1.165, 1.54) is 0 Å². The molecule has 0 spiro atoms. The molecule has 4 aromatic rings. The largest absolute Gasteiger partial charge is 0.376 e. The molecule has 8 nitrogen and oxygen atoms in total. The lowest BCUT2D eigenvalue weighted by Gasteiger charge is -2.26. The van der Waals surface area contributed by atoms with E-state index in [2.05, 4.69) is 45.1 Å². The van der Waals surface area contributed by atoms with Crippen molar-refractivity contribution in [2.45, 2.75) is 39.3 Å². The molecule has 0 bridgehead atoms. The van der Waals surface area contributed by atoms with E-state index < -0.39 is 0 Å². The summed E-state index contributed by atoms with van der Waals surface area (Å²) in [5.41, 5.74) is 5.46. The van der Waals surface area contributed by atoms with Crippen LogP contribution in [0.4, 0.5) is 10.5 Å². The monoisotopic (exact) mass is 430 g/mol. The number of aryl methyl sites for hydroxylation is 2. The molecule has 2 aromatic heterocycles. The molecule has 0 radical (unpaired) electrons. The van der Waals surface area contributed by atoms with E-state index >= 15 is 0 Å². The van der Waals surface area contributed by atoms with E-state index in [0.717, 1.165) is 52.7 Å². The van der Waals surface area contributed by atoms with Crippen LogP contribution in [-0.2, 0) is 11.3 Å². The van der Waals surface area contributed by atoms with Crippen LogP contribution in [0.2, 0.25) is 0 Å². The lowest BCUT2D eigenvalue weighted by Crippen LogP contribution is -2.40. The van der Waals surface area contributed by atoms with E-state index in [4.69, 9.17) is 4.74 Å². The Hall–Kier alpha value is -3.52. The average Bonchev–Trinajstić information content (AvgIpc) is 3.47. The first-order valence-corrected chi connectivity index (χ1v) is 10.9. The predicted octanol–water partition coefficient (Wildman–Crippen LogP) is 4.11. The molecule has 1 aliphatic rings. The second-order valence-corrected chi connectivity index (χ2v) is 8.41. The number of benzene rings is 2. The molecule has 164 valence electrons. The minimum atomic E-state index is -0.163. The normalized spacial score (nSPS) is 16.0. The maximum Gasteiger partial charge on any atom is 0.322 e. The van der Waals surface area contributed by atoms with Gasteiger partial charge in [0.15, 0.2) is 5.65 Å². The predicted molar refractivity (Wildman–Crippen MR) is 123 cm³/mol. The van der Waals surface area contributed by atoms with E-state index in [1.807, 2.05) is 38.1 Å².